The second-order valence-corrected chi connectivity index (χ2v) is 9.76. The minimum atomic E-state index is -4.47. The largest absolute Gasteiger partial charge is 0.454 e. The summed E-state index contributed by atoms with van der Waals surface area (Å²) in [5.41, 5.74) is -0.283. The fraction of sp³-hybridized carbons (Fsp3) is 0.444. The number of fused-ring (bicyclic) bond motifs is 1. The molecule has 1 unspecified atom stereocenters. The lowest BCUT2D eigenvalue weighted by molar-refractivity contribution is -0.137. The Morgan fingerprint density at radius 1 is 0.842 bits per heavy atom. The van der Waals surface area contributed by atoms with E-state index in [1.807, 2.05) is 0 Å². The molecule has 0 aliphatic carbocycles. The van der Waals surface area contributed by atoms with E-state index >= 15 is 0 Å². The standard InChI is InChI=1S/C27H28F3N3O5/c28-27(29,30)20-6-3-18(4-7-20)25(35)33-13-9-17(10-14-33)23(26(36)32-11-1-2-12-32)31-24(34)19-5-8-21-22(15-19)38-16-37-21/h3-8,15,17,23H,1-2,9-14,16H2,(H,31,34). The number of hydrogen-bond acceptors (Lipinski definition) is 5. The van der Waals surface area contributed by atoms with Gasteiger partial charge in [0.15, 0.2) is 11.5 Å². The minimum absolute atomic E-state index is 0.0836. The normalized spacial score (nSPS) is 18.4. The van der Waals surface area contributed by atoms with Crippen molar-refractivity contribution in [3.05, 3.63) is 59.2 Å². The zero-order valence-electron chi connectivity index (χ0n) is 20.6. The van der Waals surface area contributed by atoms with Crippen molar-refractivity contribution >= 4 is 17.7 Å². The number of benzene rings is 2. The third-order valence-corrected chi connectivity index (χ3v) is 7.36. The van der Waals surface area contributed by atoms with Crippen LogP contribution >= 0.6 is 0 Å². The Kier molecular flexibility index (Phi) is 7.18. The van der Waals surface area contributed by atoms with E-state index < -0.39 is 23.7 Å². The molecular weight excluding hydrogens is 503 g/mol. The first kappa shape index (κ1) is 25.9. The Morgan fingerprint density at radius 3 is 2.13 bits per heavy atom. The van der Waals surface area contributed by atoms with Gasteiger partial charge in [0, 0.05) is 37.3 Å². The molecule has 2 saturated heterocycles. The van der Waals surface area contributed by atoms with Crippen molar-refractivity contribution in [3.63, 3.8) is 0 Å². The van der Waals surface area contributed by atoms with E-state index in [9.17, 15) is 27.6 Å². The molecule has 0 bridgehead atoms. The summed E-state index contributed by atoms with van der Waals surface area (Å²) in [4.78, 5) is 42.9. The fourth-order valence-electron chi connectivity index (χ4n) is 5.20. The molecule has 1 atom stereocenters. The summed E-state index contributed by atoms with van der Waals surface area (Å²) in [5, 5.41) is 2.93. The van der Waals surface area contributed by atoms with Crippen LogP contribution < -0.4 is 14.8 Å². The molecule has 0 aromatic heterocycles. The number of likely N-dealkylation sites (tertiary alicyclic amines) is 2. The molecule has 1 N–H and O–H groups in total. The van der Waals surface area contributed by atoms with Crippen LogP contribution in [0.5, 0.6) is 11.5 Å². The predicted octanol–water partition coefficient (Wildman–Crippen LogP) is 3.71. The molecule has 3 heterocycles. The van der Waals surface area contributed by atoms with Crippen molar-refractivity contribution in [2.24, 2.45) is 5.92 Å². The third-order valence-electron chi connectivity index (χ3n) is 7.36. The van der Waals surface area contributed by atoms with Crippen LogP contribution in [0, 0.1) is 5.92 Å². The van der Waals surface area contributed by atoms with Crippen molar-refractivity contribution in [2.75, 3.05) is 33.0 Å². The highest BCUT2D eigenvalue weighted by atomic mass is 19.4. The van der Waals surface area contributed by atoms with E-state index in [1.54, 1.807) is 28.0 Å². The van der Waals surface area contributed by atoms with Gasteiger partial charge in [0.25, 0.3) is 11.8 Å². The molecule has 0 saturated carbocycles. The highest BCUT2D eigenvalue weighted by Gasteiger charge is 2.37. The summed E-state index contributed by atoms with van der Waals surface area (Å²) in [6.07, 6.45) is -1.71. The van der Waals surface area contributed by atoms with Crippen molar-refractivity contribution in [1.82, 2.24) is 15.1 Å². The van der Waals surface area contributed by atoms with Crippen LogP contribution in [-0.2, 0) is 11.0 Å². The summed E-state index contributed by atoms with van der Waals surface area (Å²) < 4.78 is 49.2. The number of halogens is 3. The molecule has 8 nitrogen and oxygen atoms in total. The predicted molar refractivity (Wildman–Crippen MR) is 130 cm³/mol. The number of amides is 3. The van der Waals surface area contributed by atoms with Gasteiger partial charge in [0.05, 0.1) is 5.56 Å². The molecule has 2 aromatic rings. The number of hydrogen-bond donors (Lipinski definition) is 1. The van der Waals surface area contributed by atoms with Gasteiger partial charge in [-0.2, -0.15) is 13.2 Å². The van der Waals surface area contributed by atoms with Gasteiger partial charge in [0.2, 0.25) is 12.7 Å². The summed E-state index contributed by atoms with van der Waals surface area (Å²) >= 11 is 0. The maximum Gasteiger partial charge on any atom is 0.416 e. The maximum atomic E-state index is 13.4. The van der Waals surface area contributed by atoms with Crippen LogP contribution in [0.4, 0.5) is 13.2 Å². The molecule has 202 valence electrons. The van der Waals surface area contributed by atoms with Crippen molar-refractivity contribution < 1.29 is 37.0 Å². The molecule has 3 aliphatic rings. The topological polar surface area (TPSA) is 88.2 Å². The molecule has 2 aromatic carbocycles. The van der Waals surface area contributed by atoms with Crippen LogP contribution in [0.2, 0.25) is 0 Å². The van der Waals surface area contributed by atoms with Crippen molar-refractivity contribution in [1.29, 1.82) is 0 Å². The molecule has 5 rings (SSSR count). The zero-order valence-corrected chi connectivity index (χ0v) is 20.6. The first-order valence-corrected chi connectivity index (χ1v) is 12.7. The number of alkyl halides is 3. The van der Waals surface area contributed by atoms with Gasteiger partial charge in [-0.05, 0) is 74.1 Å². The van der Waals surface area contributed by atoms with Crippen molar-refractivity contribution in [3.8, 4) is 11.5 Å². The van der Waals surface area contributed by atoms with Crippen LogP contribution in [0.25, 0.3) is 0 Å². The van der Waals surface area contributed by atoms with Gasteiger partial charge >= 0.3 is 6.18 Å². The highest BCUT2D eigenvalue weighted by Crippen LogP contribution is 2.33. The van der Waals surface area contributed by atoms with Gasteiger partial charge in [-0.15, -0.1) is 0 Å². The SMILES string of the molecule is O=C(NC(C(=O)N1CCCC1)C1CCN(C(=O)c2ccc(C(F)(F)F)cc2)CC1)c1ccc2c(c1)OCO2. The first-order valence-electron chi connectivity index (χ1n) is 12.7. The molecule has 0 radical (unpaired) electrons. The van der Waals surface area contributed by atoms with Crippen LogP contribution in [0.15, 0.2) is 42.5 Å². The van der Waals surface area contributed by atoms with E-state index in [2.05, 4.69) is 5.32 Å². The summed E-state index contributed by atoms with van der Waals surface area (Å²) in [7, 11) is 0. The Bertz CT molecular complexity index is 1200. The lowest BCUT2D eigenvalue weighted by atomic mass is 9.88. The second-order valence-electron chi connectivity index (χ2n) is 9.76. The highest BCUT2D eigenvalue weighted by molar-refractivity contribution is 5.98. The molecule has 2 fully saturated rings. The maximum absolute atomic E-state index is 13.4. The number of ether oxygens (including phenoxy) is 2. The van der Waals surface area contributed by atoms with Gasteiger partial charge in [-0.1, -0.05) is 0 Å². The van der Waals surface area contributed by atoms with Crippen molar-refractivity contribution in [2.45, 2.75) is 37.9 Å². The molecule has 38 heavy (non-hydrogen) atoms. The van der Waals surface area contributed by atoms with E-state index in [0.29, 0.717) is 56.1 Å². The van der Waals surface area contributed by atoms with Gasteiger partial charge in [-0.3, -0.25) is 14.4 Å². The van der Waals surface area contributed by atoms with E-state index in [4.69, 9.17) is 9.47 Å². The summed E-state index contributed by atoms with van der Waals surface area (Å²) in [6, 6.07) is 8.26. The molecular formula is C27H28F3N3O5. The second kappa shape index (κ2) is 10.5. The number of nitrogens with one attached hydrogen (secondary N) is 1. The average molecular weight is 532 g/mol. The first-order chi connectivity index (χ1) is 18.2. The summed E-state index contributed by atoms with van der Waals surface area (Å²) in [5.74, 6) is -0.0681. The van der Waals surface area contributed by atoms with Gasteiger partial charge < -0.3 is 24.6 Å². The molecule has 11 heteroatoms. The number of carbonyl (C=O) groups is 3. The lowest BCUT2D eigenvalue weighted by Crippen LogP contribution is -2.54. The van der Waals surface area contributed by atoms with Crippen LogP contribution in [-0.4, -0.2) is 66.5 Å². The number of carbonyl (C=O) groups excluding carboxylic acids is 3. The number of nitrogens with zero attached hydrogens (tertiary/aromatic N) is 2. The Morgan fingerprint density at radius 2 is 1.47 bits per heavy atom. The van der Waals surface area contributed by atoms with E-state index in [-0.39, 0.29) is 30.1 Å². The Labute approximate surface area is 217 Å². The van der Waals surface area contributed by atoms with Gasteiger partial charge in [-0.25, -0.2) is 0 Å². The average Bonchev–Trinajstić information content (AvgIpc) is 3.63. The van der Waals surface area contributed by atoms with Crippen LogP contribution in [0.1, 0.15) is 52.0 Å². The number of rotatable bonds is 5. The minimum Gasteiger partial charge on any atom is -0.454 e. The fourth-order valence-corrected chi connectivity index (χ4v) is 5.20. The Hall–Kier alpha value is -3.76. The van der Waals surface area contributed by atoms with E-state index in [1.165, 1.54) is 12.1 Å². The zero-order chi connectivity index (χ0) is 26.9. The quantitative estimate of drug-likeness (QED) is 0.636. The smallest absolute Gasteiger partial charge is 0.416 e. The molecule has 3 aliphatic heterocycles. The number of piperidine rings is 1. The van der Waals surface area contributed by atoms with Crippen LogP contribution in [0.3, 0.4) is 0 Å². The molecule has 3 amide bonds. The monoisotopic (exact) mass is 531 g/mol. The van der Waals surface area contributed by atoms with Gasteiger partial charge in [0.1, 0.15) is 6.04 Å². The summed E-state index contributed by atoms with van der Waals surface area (Å²) in [6.45, 7) is 2.02. The lowest BCUT2D eigenvalue weighted by Gasteiger charge is -2.37. The van der Waals surface area contributed by atoms with E-state index in [0.717, 1.165) is 25.0 Å². The molecule has 0 spiro atoms. The third kappa shape index (κ3) is 5.41. The Balaban J connectivity index is 1.26.